The topological polar surface area (TPSA) is 89.2 Å². The second kappa shape index (κ2) is 7.13. The number of hydrogen-bond acceptors (Lipinski definition) is 5. The molecule has 1 atom stereocenters. The molecule has 3 rings (SSSR count). The average molecular weight is 338 g/mol. The molecule has 1 aliphatic carbocycles. The number of hydrogen-bond donors (Lipinski definition) is 1. The highest BCUT2D eigenvalue weighted by Crippen LogP contribution is 2.30. The molecule has 1 aromatic heterocycles. The van der Waals surface area contributed by atoms with E-state index in [1.165, 1.54) is 6.42 Å². The lowest BCUT2D eigenvalue weighted by atomic mass is 9.94. The zero-order chi connectivity index (χ0) is 16.3. The quantitative estimate of drug-likeness (QED) is 0.906. The van der Waals surface area contributed by atoms with E-state index in [4.69, 9.17) is 5.73 Å². The third-order valence-corrected chi connectivity index (χ3v) is 7.47. The summed E-state index contributed by atoms with van der Waals surface area (Å²) in [4.78, 5) is 8.36. The fraction of sp³-hybridized carbons (Fsp3) is 0.750. The van der Waals surface area contributed by atoms with Gasteiger partial charge in [-0.25, -0.2) is 17.7 Å². The first-order chi connectivity index (χ1) is 11.1. The lowest BCUT2D eigenvalue weighted by molar-refractivity contribution is 0.259. The lowest BCUT2D eigenvalue weighted by Crippen LogP contribution is -2.45. The largest absolute Gasteiger partial charge is 0.382 e. The van der Waals surface area contributed by atoms with Gasteiger partial charge in [0.2, 0.25) is 10.0 Å². The molecule has 0 amide bonds. The van der Waals surface area contributed by atoms with Crippen LogP contribution in [0.5, 0.6) is 0 Å². The van der Waals surface area contributed by atoms with Crippen molar-refractivity contribution >= 4 is 15.8 Å². The molecule has 1 aromatic rings. The number of nitrogens with zero attached hydrogens (tertiary/aromatic N) is 3. The highest BCUT2D eigenvalue weighted by Gasteiger charge is 2.35. The van der Waals surface area contributed by atoms with Gasteiger partial charge < -0.3 is 5.73 Å². The van der Waals surface area contributed by atoms with Gasteiger partial charge in [0.25, 0.3) is 0 Å². The van der Waals surface area contributed by atoms with Gasteiger partial charge in [-0.1, -0.05) is 19.3 Å². The number of nitrogens with two attached hydrogens (primary N) is 1. The van der Waals surface area contributed by atoms with Crippen molar-refractivity contribution in [2.45, 2.75) is 56.6 Å². The highest BCUT2D eigenvalue weighted by atomic mass is 32.2. The Bertz CT molecular complexity index is 629. The van der Waals surface area contributed by atoms with Crippen LogP contribution in [-0.4, -0.2) is 41.0 Å². The van der Waals surface area contributed by atoms with Crippen LogP contribution in [0.2, 0.25) is 0 Å². The minimum Gasteiger partial charge on any atom is -0.382 e. The van der Waals surface area contributed by atoms with Crippen LogP contribution in [0.1, 0.15) is 50.6 Å². The maximum Gasteiger partial charge on any atom is 0.216 e. The second-order valence-electron chi connectivity index (χ2n) is 6.76. The second-order valence-corrected chi connectivity index (χ2v) is 8.98. The van der Waals surface area contributed by atoms with Crippen LogP contribution >= 0.6 is 0 Å². The number of sulfonamides is 1. The van der Waals surface area contributed by atoms with Crippen LogP contribution in [0.25, 0.3) is 0 Å². The summed E-state index contributed by atoms with van der Waals surface area (Å²) in [6.45, 7) is 1.25. The third-order valence-electron chi connectivity index (χ3n) is 5.10. The van der Waals surface area contributed by atoms with Gasteiger partial charge in [0.05, 0.1) is 10.9 Å². The molecule has 2 aliphatic rings. The first-order valence-corrected chi connectivity index (χ1v) is 10.1. The van der Waals surface area contributed by atoms with Crippen molar-refractivity contribution in [2.24, 2.45) is 5.92 Å². The lowest BCUT2D eigenvalue weighted by Gasteiger charge is -2.35. The first-order valence-electron chi connectivity index (χ1n) is 8.61. The molecular formula is C16H26N4O2S. The van der Waals surface area contributed by atoms with Crippen LogP contribution in [0.4, 0.5) is 5.82 Å². The molecule has 0 aromatic carbocycles. The number of rotatable bonds is 4. The average Bonchev–Trinajstić information content (AvgIpc) is 2.58. The van der Waals surface area contributed by atoms with Crippen LogP contribution in [0.15, 0.2) is 12.4 Å². The van der Waals surface area contributed by atoms with E-state index < -0.39 is 10.0 Å². The van der Waals surface area contributed by atoms with Crippen LogP contribution in [0, 0.1) is 5.92 Å². The van der Waals surface area contributed by atoms with Crippen molar-refractivity contribution in [2.75, 3.05) is 18.8 Å². The maximum absolute atomic E-state index is 12.9. The molecule has 0 radical (unpaired) electrons. The molecule has 0 unspecified atom stereocenters. The summed E-state index contributed by atoms with van der Waals surface area (Å²) in [6.07, 6.45) is 10.8. The van der Waals surface area contributed by atoms with Gasteiger partial charge in [0.1, 0.15) is 5.82 Å². The van der Waals surface area contributed by atoms with E-state index in [0.717, 1.165) is 44.2 Å². The number of piperidine rings is 1. The normalized spacial score (nSPS) is 24.6. The predicted octanol–water partition coefficient (Wildman–Crippen LogP) is 1.98. The smallest absolute Gasteiger partial charge is 0.216 e. The molecular weight excluding hydrogens is 312 g/mol. The summed E-state index contributed by atoms with van der Waals surface area (Å²) in [6, 6.07) is 0. The summed E-state index contributed by atoms with van der Waals surface area (Å²) < 4.78 is 27.5. The fourth-order valence-electron chi connectivity index (χ4n) is 3.81. The highest BCUT2D eigenvalue weighted by molar-refractivity contribution is 7.89. The Labute approximate surface area is 138 Å². The molecule has 1 saturated heterocycles. The van der Waals surface area contributed by atoms with Gasteiger partial charge >= 0.3 is 0 Å². The summed E-state index contributed by atoms with van der Waals surface area (Å²) in [5.74, 6) is 0.737. The van der Waals surface area contributed by atoms with Gasteiger partial charge in [-0.3, -0.25) is 4.98 Å². The Morgan fingerprint density at radius 2 is 1.83 bits per heavy atom. The van der Waals surface area contributed by atoms with Crippen molar-refractivity contribution in [3.05, 3.63) is 18.1 Å². The molecule has 7 heteroatoms. The minimum atomic E-state index is -3.15. The van der Waals surface area contributed by atoms with Crippen molar-refractivity contribution < 1.29 is 8.42 Å². The van der Waals surface area contributed by atoms with Crippen LogP contribution in [-0.2, 0) is 16.4 Å². The zero-order valence-corrected chi connectivity index (χ0v) is 14.3. The maximum atomic E-state index is 12.9. The Morgan fingerprint density at radius 1 is 1.09 bits per heavy atom. The van der Waals surface area contributed by atoms with Crippen molar-refractivity contribution in [1.82, 2.24) is 14.3 Å². The molecule has 0 spiro atoms. The molecule has 1 aliphatic heterocycles. The number of aromatic nitrogens is 2. The molecule has 2 N–H and O–H groups in total. The summed E-state index contributed by atoms with van der Waals surface area (Å²) in [5, 5.41) is -0.170. The Balaban J connectivity index is 1.67. The monoisotopic (exact) mass is 338 g/mol. The molecule has 1 saturated carbocycles. The van der Waals surface area contributed by atoms with Gasteiger partial charge in [0.15, 0.2) is 0 Å². The van der Waals surface area contributed by atoms with E-state index >= 15 is 0 Å². The van der Waals surface area contributed by atoms with E-state index in [9.17, 15) is 8.42 Å². The van der Waals surface area contributed by atoms with E-state index in [1.54, 1.807) is 16.7 Å². The molecule has 0 bridgehead atoms. The fourth-order valence-corrected chi connectivity index (χ4v) is 5.96. The van der Waals surface area contributed by atoms with Gasteiger partial charge in [0, 0.05) is 25.5 Å². The molecule has 6 nitrogen and oxygen atoms in total. The Kier molecular flexibility index (Phi) is 5.16. The van der Waals surface area contributed by atoms with Crippen molar-refractivity contribution in [3.63, 3.8) is 0 Å². The van der Waals surface area contributed by atoms with Gasteiger partial charge in [-0.15, -0.1) is 0 Å². The summed E-state index contributed by atoms with van der Waals surface area (Å²) in [5.41, 5.74) is 6.66. The van der Waals surface area contributed by atoms with E-state index in [1.807, 2.05) is 0 Å². The van der Waals surface area contributed by atoms with Crippen molar-refractivity contribution in [3.8, 4) is 0 Å². The number of nitrogen functional groups attached to an aromatic ring is 1. The third kappa shape index (κ3) is 3.83. The molecule has 128 valence electrons. The Morgan fingerprint density at radius 3 is 2.57 bits per heavy atom. The molecule has 23 heavy (non-hydrogen) atoms. The molecule has 2 fully saturated rings. The predicted molar refractivity (Wildman–Crippen MR) is 90.2 cm³/mol. The van der Waals surface area contributed by atoms with Crippen LogP contribution in [0.3, 0.4) is 0 Å². The summed E-state index contributed by atoms with van der Waals surface area (Å²) >= 11 is 0. The number of anilines is 1. The van der Waals surface area contributed by atoms with Crippen LogP contribution < -0.4 is 5.73 Å². The summed E-state index contributed by atoms with van der Waals surface area (Å²) in [7, 11) is -3.15. The van der Waals surface area contributed by atoms with E-state index in [2.05, 4.69) is 9.97 Å². The standard InChI is InChI=1S/C16H26N4O2S/c17-16-15(18-8-9-19-16)11-13-5-4-10-20(12-13)23(21,22)14-6-2-1-3-7-14/h8-9,13-14H,1-7,10-12H2,(H2,17,19)/t13-/m0/s1. The van der Waals surface area contributed by atoms with Gasteiger partial charge in [-0.2, -0.15) is 0 Å². The molecule has 2 heterocycles. The van der Waals surface area contributed by atoms with E-state index in [-0.39, 0.29) is 11.2 Å². The first kappa shape index (κ1) is 16.6. The SMILES string of the molecule is Nc1nccnc1C[C@@H]1CCCN(S(=O)(=O)C2CCCCC2)C1. The van der Waals surface area contributed by atoms with E-state index in [0.29, 0.717) is 25.3 Å². The van der Waals surface area contributed by atoms with Crippen molar-refractivity contribution in [1.29, 1.82) is 0 Å². The van der Waals surface area contributed by atoms with Gasteiger partial charge in [-0.05, 0) is 38.0 Å². The zero-order valence-electron chi connectivity index (χ0n) is 13.5. The Hall–Kier alpha value is -1.21. The minimum absolute atomic E-state index is 0.170.